The van der Waals surface area contributed by atoms with Crippen LogP contribution < -0.4 is 0 Å². The Morgan fingerprint density at radius 1 is 0.704 bits per heavy atom. The Kier molecular flexibility index (Phi) is 11.9. The van der Waals surface area contributed by atoms with Crippen LogP contribution in [0.4, 0.5) is 0 Å². The van der Waals surface area contributed by atoms with E-state index in [0.29, 0.717) is 21.8 Å². The van der Waals surface area contributed by atoms with E-state index in [1.807, 2.05) is 67.8 Å². The molecule has 0 fully saturated rings. The molecule has 0 saturated heterocycles. The average Bonchev–Trinajstić information content (AvgIpc) is 2.60. The highest BCUT2D eigenvalue weighted by Crippen LogP contribution is 2.30. The summed E-state index contributed by atoms with van der Waals surface area (Å²) in [5.74, 6) is -0.763. The van der Waals surface area contributed by atoms with Gasteiger partial charge < -0.3 is 30.2 Å². The van der Waals surface area contributed by atoms with Gasteiger partial charge in [-0.05, 0) is 73.8 Å². The Morgan fingerprint density at radius 3 is 1.26 bits per heavy atom. The van der Waals surface area contributed by atoms with Crippen LogP contribution >= 0.6 is 67.8 Å². The molecule has 0 atom stereocenters. The Balaban J connectivity index is 3.43. The van der Waals surface area contributed by atoms with Crippen LogP contribution in [0.3, 0.4) is 0 Å². The van der Waals surface area contributed by atoms with Gasteiger partial charge in [0.2, 0.25) is 0 Å². The highest BCUT2D eigenvalue weighted by molar-refractivity contribution is 14.1. The number of hydrogen-bond acceptors (Lipinski definition) is 6. The molecule has 1 aromatic rings. The van der Waals surface area contributed by atoms with Crippen LogP contribution in [-0.2, 0) is 0 Å². The van der Waals surface area contributed by atoms with E-state index in [9.17, 15) is 30.0 Å². The third-order valence-electron chi connectivity index (χ3n) is 3.65. The van der Waals surface area contributed by atoms with E-state index in [4.69, 9.17) is 0 Å². The lowest BCUT2D eigenvalue weighted by Crippen LogP contribution is -2.39. The molecule has 0 unspecified atom stereocenters. The molecule has 0 aliphatic rings. The molecule has 27 heavy (non-hydrogen) atoms. The summed E-state index contributed by atoms with van der Waals surface area (Å²) in [7, 11) is 0. The number of amides is 2. The van der Waals surface area contributed by atoms with E-state index in [1.54, 1.807) is 6.07 Å². The van der Waals surface area contributed by atoms with E-state index >= 15 is 0 Å². The molecule has 4 N–H and O–H groups in total. The average molecular weight is 718 g/mol. The molecular weight excluding hydrogens is 697 g/mol. The molecule has 8 nitrogen and oxygen atoms in total. The molecule has 0 aliphatic heterocycles. The van der Waals surface area contributed by atoms with Gasteiger partial charge in [-0.1, -0.05) is 0 Å². The first-order valence-electron chi connectivity index (χ1n) is 8.03. The number of halogens is 3. The van der Waals surface area contributed by atoms with Crippen molar-refractivity contribution in [2.75, 3.05) is 52.6 Å². The smallest absolute Gasteiger partial charge is 0.256 e. The lowest BCUT2D eigenvalue weighted by molar-refractivity contribution is 0.0676. The first kappa shape index (κ1) is 25.2. The van der Waals surface area contributed by atoms with Crippen LogP contribution in [0.1, 0.15) is 20.7 Å². The summed E-state index contributed by atoms with van der Waals surface area (Å²) < 4.78 is 1.76. The normalized spacial score (nSPS) is 10.8. The molecule has 0 spiro atoms. The second kappa shape index (κ2) is 12.7. The van der Waals surface area contributed by atoms with Gasteiger partial charge in [-0.25, -0.2) is 0 Å². The summed E-state index contributed by atoms with van der Waals surface area (Å²) in [5.41, 5.74) is 0.657. The summed E-state index contributed by atoms with van der Waals surface area (Å²) >= 11 is 5.99. The number of nitrogens with zero attached hydrogens (tertiary/aromatic N) is 2. The summed E-state index contributed by atoms with van der Waals surface area (Å²) in [6.45, 7) is -0.675. The molecule has 11 heteroatoms. The van der Waals surface area contributed by atoms with Crippen molar-refractivity contribution in [2.24, 2.45) is 0 Å². The van der Waals surface area contributed by atoms with E-state index < -0.39 is 0 Å². The third-order valence-corrected chi connectivity index (χ3v) is 6.43. The van der Waals surface area contributed by atoms with Crippen LogP contribution in [-0.4, -0.2) is 94.6 Å². The topological polar surface area (TPSA) is 122 Å². The zero-order valence-corrected chi connectivity index (χ0v) is 20.8. The van der Waals surface area contributed by atoms with E-state index in [-0.39, 0.29) is 64.4 Å². The predicted octanol–water partition coefficient (Wildman–Crippen LogP) is 0.354. The second-order valence-electron chi connectivity index (χ2n) is 5.38. The Labute approximate surface area is 198 Å². The standard InChI is InChI=1S/C16H21I3N2O6/c17-10-9-11(18)13(16(27)21(3-7-24)4-8-25)14(19)12(10)15(26)20(1-5-22)2-6-23/h9,22-25H,1-8H2. The first-order valence-corrected chi connectivity index (χ1v) is 11.3. The maximum atomic E-state index is 13.0. The number of carbonyl (C=O) groups excluding carboxylic acids is 2. The SMILES string of the molecule is O=C(c1c(I)cc(I)c(C(=O)N(CCO)CCO)c1I)N(CCO)CCO. The number of aliphatic hydroxyl groups excluding tert-OH is 4. The number of aliphatic hydroxyl groups is 4. The van der Waals surface area contributed by atoms with E-state index in [2.05, 4.69) is 0 Å². The number of benzene rings is 1. The van der Waals surface area contributed by atoms with Gasteiger partial charge in [-0.3, -0.25) is 9.59 Å². The maximum absolute atomic E-state index is 13.0. The number of hydrogen-bond donors (Lipinski definition) is 4. The first-order chi connectivity index (χ1) is 12.8. The van der Waals surface area contributed by atoms with Crippen molar-refractivity contribution in [2.45, 2.75) is 0 Å². The van der Waals surface area contributed by atoms with Crippen molar-refractivity contribution in [1.29, 1.82) is 0 Å². The quantitative estimate of drug-likeness (QED) is 0.260. The summed E-state index contributed by atoms with van der Waals surface area (Å²) in [6.07, 6.45) is 0. The minimum absolute atomic E-state index is 0.0714. The van der Waals surface area contributed by atoms with Gasteiger partial charge in [-0.2, -0.15) is 0 Å². The fraction of sp³-hybridized carbons (Fsp3) is 0.500. The fourth-order valence-corrected chi connectivity index (χ4v) is 6.71. The molecule has 0 saturated carbocycles. The summed E-state index contributed by atoms with van der Waals surface area (Å²) in [4.78, 5) is 28.6. The maximum Gasteiger partial charge on any atom is 0.256 e. The van der Waals surface area contributed by atoms with E-state index in [0.717, 1.165) is 0 Å². The van der Waals surface area contributed by atoms with Crippen molar-refractivity contribution in [1.82, 2.24) is 9.80 Å². The lowest BCUT2D eigenvalue weighted by Gasteiger charge is -2.25. The van der Waals surface area contributed by atoms with Crippen molar-refractivity contribution in [3.63, 3.8) is 0 Å². The minimum Gasteiger partial charge on any atom is -0.395 e. The molecule has 0 radical (unpaired) electrons. The van der Waals surface area contributed by atoms with Crippen LogP contribution in [0.25, 0.3) is 0 Å². The number of rotatable bonds is 10. The molecule has 0 bridgehead atoms. The fourth-order valence-electron chi connectivity index (χ4n) is 2.41. The van der Waals surface area contributed by atoms with Crippen molar-refractivity contribution >= 4 is 79.6 Å². The highest BCUT2D eigenvalue weighted by Gasteiger charge is 2.28. The monoisotopic (exact) mass is 718 g/mol. The van der Waals surface area contributed by atoms with Gasteiger partial charge in [0.15, 0.2) is 0 Å². The Morgan fingerprint density at radius 2 is 1.00 bits per heavy atom. The Bertz CT molecular complexity index is 610. The molecule has 0 heterocycles. The number of carbonyl (C=O) groups is 2. The van der Waals surface area contributed by atoms with Gasteiger partial charge >= 0.3 is 0 Å². The predicted molar refractivity (Wildman–Crippen MR) is 125 cm³/mol. The molecule has 2 amide bonds. The van der Waals surface area contributed by atoms with Gasteiger partial charge in [0.25, 0.3) is 11.8 Å². The van der Waals surface area contributed by atoms with Gasteiger partial charge in [0, 0.05) is 36.9 Å². The van der Waals surface area contributed by atoms with Crippen LogP contribution in [0.2, 0.25) is 0 Å². The molecule has 0 aliphatic carbocycles. The van der Waals surface area contributed by atoms with Crippen molar-refractivity contribution in [3.05, 3.63) is 27.9 Å². The van der Waals surface area contributed by atoms with Crippen LogP contribution in [0, 0.1) is 10.7 Å². The van der Waals surface area contributed by atoms with Crippen LogP contribution in [0.5, 0.6) is 0 Å². The molecule has 0 aromatic heterocycles. The minimum atomic E-state index is -0.381. The molecule has 152 valence electrons. The molecule has 1 aromatic carbocycles. The zero-order chi connectivity index (χ0) is 20.6. The van der Waals surface area contributed by atoms with Crippen molar-refractivity contribution in [3.8, 4) is 0 Å². The molecular formula is C16H21I3N2O6. The largest absolute Gasteiger partial charge is 0.395 e. The van der Waals surface area contributed by atoms with Gasteiger partial charge in [0.05, 0.1) is 37.6 Å². The van der Waals surface area contributed by atoms with Crippen molar-refractivity contribution < 1.29 is 30.0 Å². The zero-order valence-electron chi connectivity index (χ0n) is 14.4. The summed E-state index contributed by atoms with van der Waals surface area (Å²) in [5, 5.41) is 36.7. The highest BCUT2D eigenvalue weighted by atomic mass is 127. The lowest BCUT2D eigenvalue weighted by atomic mass is 10.1. The third kappa shape index (κ3) is 6.60. The molecule has 1 rings (SSSR count). The second-order valence-corrected chi connectivity index (χ2v) is 8.79. The van der Waals surface area contributed by atoms with Gasteiger partial charge in [-0.15, -0.1) is 0 Å². The Hall–Kier alpha value is 0.190. The summed E-state index contributed by atoms with van der Waals surface area (Å²) in [6, 6.07) is 1.72. The van der Waals surface area contributed by atoms with Gasteiger partial charge in [0.1, 0.15) is 0 Å². The van der Waals surface area contributed by atoms with E-state index in [1.165, 1.54) is 9.80 Å². The van der Waals surface area contributed by atoms with Crippen LogP contribution in [0.15, 0.2) is 6.07 Å².